The number of carbonyl (C=O) groups is 1. The van der Waals surface area contributed by atoms with Gasteiger partial charge in [0.25, 0.3) is 5.69 Å². The number of nitrogens with one attached hydrogen (secondary N) is 1. The number of ketones is 1. The number of carbonyl (C=O) groups excluding carboxylic acids is 1. The van der Waals surface area contributed by atoms with E-state index in [1.54, 1.807) is 12.1 Å². The number of sulfonamides is 1. The van der Waals surface area contributed by atoms with Crippen LogP contribution in [-0.2, 0) is 10.0 Å². The molecule has 1 saturated heterocycles. The number of nitro benzene ring substituents is 1. The molecule has 1 atom stereocenters. The van der Waals surface area contributed by atoms with Crippen molar-refractivity contribution in [2.75, 3.05) is 25.0 Å². The Morgan fingerprint density at radius 1 is 1.26 bits per heavy atom. The van der Waals surface area contributed by atoms with Gasteiger partial charge in [0.2, 0.25) is 10.0 Å². The van der Waals surface area contributed by atoms with Crippen LogP contribution in [0, 0.1) is 16.0 Å². The fourth-order valence-corrected chi connectivity index (χ4v) is 6.54. The van der Waals surface area contributed by atoms with E-state index in [2.05, 4.69) is 37.2 Å². The van der Waals surface area contributed by atoms with Crippen LogP contribution >= 0.6 is 31.9 Å². The Morgan fingerprint density at radius 3 is 2.55 bits per heavy atom. The van der Waals surface area contributed by atoms with Gasteiger partial charge in [-0.05, 0) is 62.8 Å². The highest BCUT2D eigenvalue weighted by Gasteiger charge is 2.29. The molecule has 1 fully saturated rings. The lowest BCUT2D eigenvalue weighted by Crippen LogP contribution is -2.39. The lowest BCUT2D eigenvalue weighted by Gasteiger charge is -2.30. The standard InChI is InChI=1S/C20H21Br2N3O5S/c1-13-4-3-7-24(12-13)31(29,30)16-6-2-5-14(8-16)19(26)11-23-20-17(21)9-15(25(27)28)10-18(20)22/h2,5-6,8-10,13,23H,3-4,7,11-12H2,1H3. The van der Waals surface area contributed by atoms with Crippen LogP contribution in [0.25, 0.3) is 0 Å². The lowest BCUT2D eigenvalue weighted by atomic mass is 10.0. The minimum Gasteiger partial charge on any atom is -0.376 e. The normalized spacial score (nSPS) is 17.3. The molecule has 0 saturated carbocycles. The first-order valence-electron chi connectivity index (χ1n) is 9.60. The summed E-state index contributed by atoms with van der Waals surface area (Å²) in [5.41, 5.74) is 0.665. The highest BCUT2D eigenvalue weighted by molar-refractivity contribution is 9.11. The van der Waals surface area contributed by atoms with Gasteiger partial charge in [-0.25, -0.2) is 8.42 Å². The van der Waals surface area contributed by atoms with Gasteiger partial charge in [0.1, 0.15) is 0 Å². The average Bonchev–Trinajstić information content (AvgIpc) is 2.72. The molecule has 0 spiro atoms. The number of rotatable bonds is 7. The maximum Gasteiger partial charge on any atom is 0.271 e. The maximum absolute atomic E-state index is 13.0. The number of anilines is 1. The monoisotopic (exact) mass is 573 g/mol. The number of non-ortho nitro benzene ring substituents is 1. The Labute approximate surface area is 197 Å². The number of halogens is 2. The van der Waals surface area contributed by atoms with Crippen molar-refractivity contribution < 1.29 is 18.1 Å². The van der Waals surface area contributed by atoms with Crippen molar-refractivity contribution >= 4 is 59.0 Å². The molecule has 31 heavy (non-hydrogen) atoms. The molecule has 11 heteroatoms. The highest BCUT2D eigenvalue weighted by atomic mass is 79.9. The molecule has 1 N–H and O–H groups in total. The van der Waals surface area contributed by atoms with E-state index >= 15 is 0 Å². The predicted molar refractivity (Wildman–Crippen MR) is 125 cm³/mol. The first-order valence-corrected chi connectivity index (χ1v) is 12.6. The molecule has 1 aliphatic rings. The minimum atomic E-state index is -3.66. The summed E-state index contributed by atoms with van der Waals surface area (Å²) in [6.07, 6.45) is 1.83. The summed E-state index contributed by atoms with van der Waals surface area (Å²) < 4.78 is 28.3. The first-order chi connectivity index (χ1) is 14.6. The lowest BCUT2D eigenvalue weighted by molar-refractivity contribution is -0.385. The van der Waals surface area contributed by atoms with E-state index in [1.165, 1.54) is 28.6 Å². The Morgan fingerprint density at radius 2 is 1.94 bits per heavy atom. The maximum atomic E-state index is 13.0. The smallest absolute Gasteiger partial charge is 0.271 e. The van der Waals surface area contributed by atoms with Crippen molar-refractivity contribution in [3.63, 3.8) is 0 Å². The Hall–Kier alpha value is -1.82. The molecule has 8 nitrogen and oxygen atoms in total. The van der Waals surface area contributed by atoms with Crippen LogP contribution in [0.1, 0.15) is 30.1 Å². The van der Waals surface area contributed by atoms with Crippen LogP contribution in [0.15, 0.2) is 50.2 Å². The third kappa shape index (κ3) is 5.51. The highest BCUT2D eigenvalue weighted by Crippen LogP contribution is 2.35. The van der Waals surface area contributed by atoms with Crippen molar-refractivity contribution in [1.82, 2.24) is 4.31 Å². The summed E-state index contributed by atoms with van der Waals surface area (Å²) in [5, 5.41) is 13.9. The quantitative estimate of drug-likeness (QED) is 0.288. The van der Waals surface area contributed by atoms with E-state index < -0.39 is 14.9 Å². The molecule has 166 valence electrons. The molecular weight excluding hydrogens is 554 g/mol. The van der Waals surface area contributed by atoms with Gasteiger partial charge >= 0.3 is 0 Å². The fraction of sp³-hybridized carbons (Fsp3) is 0.350. The van der Waals surface area contributed by atoms with E-state index in [1.807, 2.05) is 6.92 Å². The third-order valence-electron chi connectivity index (χ3n) is 5.08. The second-order valence-electron chi connectivity index (χ2n) is 7.46. The Kier molecular flexibility index (Phi) is 7.51. The summed E-state index contributed by atoms with van der Waals surface area (Å²) in [6.45, 7) is 2.87. The van der Waals surface area contributed by atoms with Gasteiger partial charge in [0, 0.05) is 39.7 Å². The van der Waals surface area contributed by atoms with Crippen LogP contribution in [0.3, 0.4) is 0 Å². The summed E-state index contributed by atoms with van der Waals surface area (Å²) in [7, 11) is -3.66. The SMILES string of the molecule is CC1CCCN(S(=O)(=O)c2cccc(C(=O)CNc3c(Br)cc([N+](=O)[O-])cc3Br)c2)C1. The number of hydrogen-bond donors (Lipinski definition) is 1. The molecule has 1 heterocycles. The van der Waals surface area contributed by atoms with E-state index in [9.17, 15) is 23.3 Å². The molecule has 0 bridgehead atoms. The molecule has 3 rings (SSSR count). The number of Topliss-reactive ketones (excluding diaryl/α,β-unsaturated/α-hetero) is 1. The molecule has 2 aromatic rings. The van der Waals surface area contributed by atoms with E-state index in [4.69, 9.17) is 0 Å². The summed E-state index contributed by atoms with van der Waals surface area (Å²) in [4.78, 5) is 23.3. The summed E-state index contributed by atoms with van der Waals surface area (Å²) in [5.74, 6) is -0.00246. The van der Waals surface area contributed by atoms with E-state index in [-0.39, 0.29) is 28.5 Å². The minimum absolute atomic E-state index is 0.0967. The number of hydrogen-bond acceptors (Lipinski definition) is 6. The number of benzene rings is 2. The van der Waals surface area contributed by atoms with E-state index in [0.29, 0.717) is 33.6 Å². The van der Waals surface area contributed by atoms with Crippen molar-refractivity contribution in [3.8, 4) is 0 Å². The zero-order valence-corrected chi connectivity index (χ0v) is 20.7. The van der Waals surface area contributed by atoms with Gasteiger partial charge in [0.05, 0.1) is 22.1 Å². The zero-order valence-electron chi connectivity index (χ0n) is 16.7. The number of nitro groups is 1. The first kappa shape index (κ1) is 23.8. The molecule has 2 aromatic carbocycles. The molecule has 0 amide bonds. The van der Waals surface area contributed by atoms with E-state index in [0.717, 1.165) is 12.8 Å². The zero-order chi connectivity index (χ0) is 22.8. The van der Waals surface area contributed by atoms with Gasteiger partial charge < -0.3 is 5.32 Å². The van der Waals surface area contributed by atoms with Crippen LogP contribution in [0.4, 0.5) is 11.4 Å². The molecule has 0 aromatic heterocycles. The van der Waals surface area contributed by atoms with Gasteiger partial charge in [-0.15, -0.1) is 0 Å². The number of piperidine rings is 1. The average molecular weight is 575 g/mol. The second-order valence-corrected chi connectivity index (χ2v) is 11.1. The van der Waals surface area contributed by atoms with Crippen LogP contribution in [-0.4, -0.2) is 43.1 Å². The largest absolute Gasteiger partial charge is 0.376 e. The molecule has 1 unspecified atom stereocenters. The molecular formula is C20H21Br2N3O5S. The summed E-state index contributed by atoms with van der Waals surface area (Å²) >= 11 is 6.53. The van der Waals surface area contributed by atoms with Gasteiger partial charge in [-0.2, -0.15) is 4.31 Å². The Balaban J connectivity index is 1.76. The summed E-state index contributed by atoms with van der Waals surface area (Å²) in [6, 6.07) is 8.71. The van der Waals surface area contributed by atoms with Gasteiger partial charge in [-0.3, -0.25) is 14.9 Å². The molecule has 1 aliphatic heterocycles. The Bertz CT molecular complexity index is 1100. The van der Waals surface area contributed by atoms with Crippen LogP contribution < -0.4 is 5.32 Å². The van der Waals surface area contributed by atoms with Gasteiger partial charge in [0.15, 0.2) is 5.78 Å². The second kappa shape index (κ2) is 9.76. The third-order valence-corrected chi connectivity index (χ3v) is 8.19. The predicted octanol–water partition coefficient (Wildman–Crippen LogP) is 4.84. The molecule has 0 radical (unpaired) electrons. The fourth-order valence-electron chi connectivity index (χ4n) is 3.45. The number of nitrogens with zero attached hydrogens (tertiary/aromatic N) is 2. The van der Waals surface area contributed by atoms with Gasteiger partial charge in [-0.1, -0.05) is 19.1 Å². The van der Waals surface area contributed by atoms with Crippen molar-refractivity contribution in [2.24, 2.45) is 5.92 Å². The van der Waals surface area contributed by atoms with Crippen molar-refractivity contribution in [1.29, 1.82) is 0 Å². The van der Waals surface area contributed by atoms with Crippen molar-refractivity contribution in [2.45, 2.75) is 24.7 Å². The van der Waals surface area contributed by atoms with Crippen LogP contribution in [0.5, 0.6) is 0 Å². The van der Waals surface area contributed by atoms with Crippen LogP contribution in [0.2, 0.25) is 0 Å². The topological polar surface area (TPSA) is 110 Å². The molecule has 0 aliphatic carbocycles. The van der Waals surface area contributed by atoms with Crippen molar-refractivity contribution in [3.05, 3.63) is 61.0 Å².